The lowest BCUT2D eigenvalue weighted by Gasteiger charge is -2.09. The first-order chi connectivity index (χ1) is 17.0. The van der Waals surface area contributed by atoms with Crippen LogP contribution in [0.15, 0.2) is 53.6 Å². The van der Waals surface area contributed by atoms with Gasteiger partial charge >= 0.3 is 11.7 Å². The third kappa shape index (κ3) is 4.27. The Hall–Kier alpha value is -4.08. The van der Waals surface area contributed by atoms with Gasteiger partial charge in [-0.15, -0.1) is 5.10 Å². The molecule has 35 heavy (non-hydrogen) atoms. The van der Waals surface area contributed by atoms with Gasteiger partial charge in [0.15, 0.2) is 5.82 Å². The molecule has 4 aromatic rings. The molecule has 0 bridgehead atoms. The zero-order valence-electron chi connectivity index (χ0n) is 19.6. The molecule has 3 heterocycles. The summed E-state index contributed by atoms with van der Waals surface area (Å²) in [7, 11) is 0. The van der Waals surface area contributed by atoms with Crippen LogP contribution in [0.5, 0.6) is 0 Å². The summed E-state index contributed by atoms with van der Waals surface area (Å²) in [6, 6.07) is 11.4. The largest absolute Gasteiger partial charge is 0.481 e. The highest BCUT2D eigenvalue weighted by molar-refractivity contribution is 5.79. The number of carboxylic acid groups (broad SMARTS) is 1. The number of nitrogens with zero attached hydrogens (tertiary/aromatic N) is 6. The number of carbonyl (C=O) groups is 1. The number of aryl methyl sites for hydroxylation is 1. The Morgan fingerprint density at radius 1 is 1.17 bits per heavy atom. The van der Waals surface area contributed by atoms with E-state index in [1.165, 1.54) is 0 Å². The highest BCUT2D eigenvalue weighted by Crippen LogP contribution is 2.49. The predicted octanol–water partition coefficient (Wildman–Crippen LogP) is 3.17. The summed E-state index contributed by atoms with van der Waals surface area (Å²) in [5.41, 5.74) is 4.21. The molecule has 0 spiro atoms. The van der Waals surface area contributed by atoms with Crippen LogP contribution in [0.1, 0.15) is 44.1 Å². The molecule has 0 aliphatic heterocycles. The average Bonchev–Trinajstić information content (AvgIpc) is 3.18. The molecule has 2 N–H and O–H groups in total. The molecule has 3 atom stereocenters. The second kappa shape index (κ2) is 9.28. The fourth-order valence-electron chi connectivity index (χ4n) is 4.78. The van der Waals surface area contributed by atoms with Crippen molar-refractivity contribution in [1.29, 1.82) is 0 Å². The molecule has 1 saturated carbocycles. The minimum absolute atomic E-state index is 0.0582. The number of unbranched alkanes of at least 4 members (excludes halogenated alkanes) is 1. The molecular weight excluding hydrogens is 446 g/mol. The van der Waals surface area contributed by atoms with E-state index in [9.17, 15) is 14.7 Å². The number of hydrogen-bond donors (Lipinski definition) is 2. The molecule has 1 aliphatic carbocycles. The number of imidazole rings is 1. The van der Waals surface area contributed by atoms with Crippen molar-refractivity contribution >= 4 is 5.97 Å². The van der Waals surface area contributed by atoms with Crippen LogP contribution < -0.4 is 5.69 Å². The predicted molar refractivity (Wildman–Crippen MR) is 129 cm³/mol. The van der Waals surface area contributed by atoms with E-state index >= 15 is 0 Å². The van der Waals surface area contributed by atoms with Gasteiger partial charge < -0.3 is 5.11 Å². The van der Waals surface area contributed by atoms with Crippen LogP contribution in [0.4, 0.5) is 0 Å². The topological polar surface area (TPSA) is 132 Å². The van der Waals surface area contributed by atoms with E-state index < -0.39 is 11.9 Å². The van der Waals surface area contributed by atoms with Gasteiger partial charge in [0.1, 0.15) is 0 Å². The maximum atomic E-state index is 13.3. The summed E-state index contributed by atoms with van der Waals surface area (Å²) in [5.74, 6) is -0.847. The summed E-state index contributed by atoms with van der Waals surface area (Å²) in [6.07, 6.45) is 6.34. The van der Waals surface area contributed by atoms with E-state index in [1.807, 2.05) is 49.5 Å². The Morgan fingerprint density at radius 3 is 2.60 bits per heavy atom. The Kier molecular flexibility index (Phi) is 6.02. The van der Waals surface area contributed by atoms with Crippen LogP contribution in [-0.4, -0.2) is 45.8 Å². The summed E-state index contributed by atoms with van der Waals surface area (Å²) in [5, 5.41) is 23.6. The molecule has 0 radical (unpaired) electrons. The minimum atomic E-state index is -0.851. The molecule has 3 unspecified atom stereocenters. The van der Waals surface area contributed by atoms with E-state index in [-0.39, 0.29) is 17.6 Å². The fourth-order valence-corrected chi connectivity index (χ4v) is 4.78. The smallest absolute Gasteiger partial charge is 0.328 e. The summed E-state index contributed by atoms with van der Waals surface area (Å²) >= 11 is 0. The summed E-state index contributed by atoms with van der Waals surface area (Å²) in [6.45, 7) is 4.32. The molecule has 1 aromatic carbocycles. The van der Waals surface area contributed by atoms with E-state index in [1.54, 1.807) is 15.3 Å². The van der Waals surface area contributed by atoms with E-state index in [0.717, 1.165) is 47.3 Å². The molecule has 1 fully saturated rings. The number of aromatic amines is 1. The number of benzene rings is 1. The SMILES string of the molecule is CCCCc1cn(C2C(C)C2C(=O)O)c(=O)n1Cc1ccc(-c2ccccc2-c2nnn[nH]2)cn1. The molecule has 5 rings (SSSR count). The Bertz CT molecular complexity index is 1390. The highest BCUT2D eigenvalue weighted by atomic mass is 16.4. The van der Waals surface area contributed by atoms with E-state index in [4.69, 9.17) is 0 Å². The van der Waals surface area contributed by atoms with Gasteiger partial charge in [0.05, 0.1) is 24.2 Å². The van der Waals surface area contributed by atoms with E-state index in [2.05, 4.69) is 32.5 Å². The van der Waals surface area contributed by atoms with Crippen LogP contribution in [-0.2, 0) is 17.8 Å². The van der Waals surface area contributed by atoms with Crippen LogP contribution >= 0.6 is 0 Å². The molecular formula is C25H27N7O3. The van der Waals surface area contributed by atoms with Crippen molar-refractivity contribution in [1.82, 2.24) is 34.7 Å². The third-order valence-corrected chi connectivity index (χ3v) is 6.80. The number of rotatable bonds is 9. The van der Waals surface area contributed by atoms with Crippen molar-refractivity contribution in [2.24, 2.45) is 11.8 Å². The number of aromatic nitrogens is 7. The first-order valence-corrected chi connectivity index (χ1v) is 11.8. The van der Waals surface area contributed by atoms with Gasteiger partial charge in [-0.3, -0.25) is 18.9 Å². The quantitative estimate of drug-likeness (QED) is 0.382. The standard InChI is InChI=1S/C25H27N7O3/c1-3-4-7-18-14-32(22-15(2)21(22)24(33)34)25(35)31(18)13-17-11-10-16(12-26-17)19-8-5-6-9-20(19)23-27-29-30-28-23/h5-6,8-12,14-15,21-22H,3-4,7,13H2,1-2H3,(H,33,34)(H,27,28,29,30). The summed E-state index contributed by atoms with van der Waals surface area (Å²) in [4.78, 5) is 29.5. The van der Waals surface area contributed by atoms with Crippen molar-refractivity contribution in [2.75, 3.05) is 0 Å². The molecule has 180 valence electrons. The fraction of sp³-hybridized carbons (Fsp3) is 0.360. The molecule has 0 saturated heterocycles. The lowest BCUT2D eigenvalue weighted by Crippen LogP contribution is -2.26. The zero-order chi connectivity index (χ0) is 24.5. The van der Waals surface area contributed by atoms with E-state index in [0.29, 0.717) is 12.4 Å². The lowest BCUT2D eigenvalue weighted by molar-refractivity contribution is -0.139. The average molecular weight is 474 g/mol. The maximum Gasteiger partial charge on any atom is 0.328 e. The van der Waals surface area contributed by atoms with Gasteiger partial charge in [0.25, 0.3) is 0 Å². The van der Waals surface area contributed by atoms with Gasteiger partial charge in [-0.05, 0) is 40.8 Å². The first-order valence-electron chi connectivity index (χ1n) is 11.8. The van der Waals surface area contributed by atoms with Crippen molar-refractivity contribution in [3.63, 3.8) is 0 Å². The second-order valence-corrected chi connectivity index (χ2v) is 9.05. The van der Waals surface area contributed by atoms with Crippen molar-refractivity contribution < 1.29 is 9.90 Å². The first kappa shape index (κ1) is 22.7. The van der Waals surface area contributed by atoms with Gasteiger partial charge in [-0.25, -0.2) is 9.89 Å². The van der Waals surface area contributed by atoms with Crippen LogP contribution in [0.2, 0.25) is 0 Å². The molecule has 3 aromatic heterocycles. The third-order valence-electron chi connectivity index (χ3n) is 6.80. The number of tetrazole rings is 1. The molecule has 10 nitrogen and oxygen atoms in total. The zero-order valence-corrected chi connectivity index (χ0v) is 19.6. The number of pyridine rings is 1. The number of hydrogen-bond acceptors (Lipinski definition) is 6. The monoisotopic (exact) mass is 473 g/mol. The number of nitrogens with one attached hydrogen (secondary N) is 1. The lowest BCUT2D eigenvalue weighted by atomic mass is 10.0. The van der Waals surface area contributed by atoms with Crippen LogP contribution in [0, 0.1) is 11.8 Å². The minimum Gasteiger partial charge on any atom is -0.481 e. The number of carboxylic acids is 1. The van der Waals surface area contributed by atoms with Gasteiger partial charge in [-0.2, -0.15) is 0 Å². The van der Waals surface area contributed by atoms with Gasteiger partial charge in [-0.1, -0.05) is 50.6 Å². The second-order valence-electron chi connectivity index (χ2n) is 9.05. The Morgan fingerprint density at radius 2 is 1.97 bits per heavy atom. The summed E-state index contributed by atoms with van der Waals surface area (Å²) < 4.78 is 3.35. The van der Waals surface area contributed by atoms with Crippen molar-refractivity contribution in [2.45, 2.75) is 45.7 Å². The normalized spacial score (nSPS) is 19.1. The van der Waals surface area contributed by atoms with Crippen LogP contribution in [0.3, 0.4) is 0 Å². The van der Waals surface area contributed by atoms with Crippen molar-refractivity contribution in [3.8, 4) is 22.5 Å². The van der Waals surface area contributed by atoms with Gasteiger partial charge in [0, 0.05) is 29.2 Å². The maximum absolute atomic E-state index is 13.3. The number of H-pyrrole nitrogens is 1. The van der Waals surface area contributed by atoms with Gasteiger partial charge in [0.2, 0.25) is 0 Å². The highest BCUT2D eigenvalue weighted by Gasteiger charge is 2.54. The number of aliphatic carboxylic acids is 1. The van der Waals surface area contributed by atoms with Crippen molar-refractivity contribution in [3.05, 3.63) is 70.7 Å². The molecule has 0 amide bonds. The molecule has 10 heteroatoms. The van der Waals surface area contributed by atoms with Crippen LogP contribution in [0.25, 0.3) is 22.5 Å². The Balaban J connectivity index is 1.43. The molecule has 1 aliphatic rings. The Labute approximate surface area is 201 Å².